The lowest BCUT2D eigenvalue weighted by molar-refractivity contribution is 0.122. The molecular weight excluding hydrogens is 200 g/mol. The molecule has 3 nitrogen and oxygen atoms in total. The molecule has 1 aromatic carbocycles. The maximum absolute atomic E-state index is 5.78. The van der Waals surface area contributed by atoms with Gasteiger partial charge in [0.2, 0.25) is 0 Å². The molecule has 2 rings (SSSR count). The molecule has 0 radical (unpaired) electrons. The summed E-state index contributed by atoms with van der Waals surface area (Å²) in [6.45, 7) is 5.69. The fraction of sp³-hybridized carbons (Fsp3) is 0.538. The second-order valence-corrected chi connectivity index (χ2v) is 4.45. The molecule has 0 spiro atoms. The molecule has 1 aliphatic heterocycles. The molecule has 0 aromatic heterocycles. The van der Waals surface area contributed by atoms with Crippen molar-refractivity contribution in [3.05, 3.63) is 29.8 Å². The van der Waals surface area contributed by atoms with Crippen LogP contribution in [0.3, 0.4) is 0 Å². The third kappa shape index (κ3) is 2.97. The highest BCUT2D eigenvalue weighted by molar-refractivity contribution is 5.48. The van der Waals surface area contributed by atoms with Crippen molar-refractivity contribution in [3.63, 3.8) is 0 Å². The van der Waals surface area contributed by atoms with Crippen molar-refractivity contribution in [1.29, 1.82) is 0 Å². The Morgan fingerprint density at radius 1 is 1.25 bits per heavy atom. The largest absolute Gasteiger partial charge is 0.378 e. The molecule has 0 bridgehead atoms. The molecule has 1 aliphatic rings. The van der Waals surface area contributed by atoms with Crippen molar-refractivity contribution < 1.29 is 4.74 Å². The zero-order valence-electron chi connectivity index (χ0n) is 9.86. The van der Waals surface area contributed by atoms with Crippen molar-refractivity contribution in [3.8, 4) is 0 Å². The molecule has 1 atom stereocenters. The lowest BCUT2D eigenvalue weighted by Crippen LogP contribution is -2.36. The van der Waals surface area contributed by atoms with Gasteiger partial charge in [0.05, 0.1) is 13.2 Å². The number of morpholine rings is 1. The Morgan fingerprint density at radius 3 is 2.44 bits per heavy atom. The third-order valence-electron chi connectivity index (χ3n) is 2.87. The lowest BCUT2D eigenvalue weighted by Gasteiger charge is -2.29. The molecule has 0 aliphatic carbocycles. The lowest BCUT2D eigenvalue weighted by atomic mass is 10.1. The second-order valence-electron chi connectivity index (χ2n) is 4.45. The van der Waals surface area contributed by atoms with Crippen LogP contribution in [0.2, 0.25) is 0 Å². The fourth-order valence-electron chi connectivity index (χ4n) is 2.04. The highest BCUT2D eigenvalue weighted by Gasteiger charge is 2.10. The Balaban J connectivity index is 2.00. The van der Waals surface area contributed by atoms with Crippen LogP contribution in [-0.2, 0) is 11.2 Å². The molecule has 0 amide bonds. The number of anilines is 1. The van der Waals surface area contributed by atoms with E-state index in [9.17, 15) is 0 Å². The molecule has 0 saturated carbocycles. The summed E-state index contributed by atoms with van der Waals surface area (Å²) in [5.74, 6) is 0. The summed E-state index contributed by atoms with van der Waals surface area (Å²) < 4.78 is 5.34. The molecule has 1 unspecified atom stereocenters. The number of rotatable bonds is 3. The first kappa shape index (κ1) is 11.4. The second kappa shape index (κ2) is 5.32. The van der Waals surface area contributed by atoms with Crippen LogP contribution < -0.4 is 10.6 Å². The number of benzene rings is 1. The maximum atomic E-state index is 5.78. The molecule has 1 fully saturated rings. The summed E-state index contributed by atoms with van der Waals surface area (Å²) in [6.07, 6.45) is 0.948. The van der Waals surface area contributed by atoms with Crippen molar-refractivity contribution in [2.24, 2.45) is 5.73 Å². The van der Waals surface area contributed by atoms with Crippen molar-refractivity contribution in [1.82, 2.24) is 0 Å². The van der Waals surface area contributed by atoms with Gasteiger partial charge < -0.3 is 15.4 Å². The van der Waals surface area contributed by atoms with Gasteiger partial charge >= 0.3 is 0 Å². The zero-order chi connectivity index (χ0) is 11.4. The first-order chi connectivity index (χ1) is 7.75. The minimum atomic E-state index is 0.231. The van der Waals surface area contributed by atoms with Crippen LogP contribution >= 0.6 is 0 Å². The van der Waals surface area contributed by atoms with Crippen LogP contribution in [0.15, 0.2) is 24.3 Å². The van der Waals surface area contributed by atoms with Crippen LogP contribution in [0.4, 0.5) is 5.69 Å². The Hall–Kier alpha value is -1.06. The normalized spacial score (nSPS) is 18.5. The van der Waals surface area contributed by atoms with Gasteiger partial charge in [-0.15, -0.1) is 0 Å². The van der Waals surface area contributed by atoms with Crippen molar-refractivity contribution in [2.75, 3.05) is 31.2 Å². The summed E-state index contributed by atoms with van der Waals surface area (Å²) in [5, 5.41) is 0. The Labute approximate surface area is 97.2 Å². The molecule has 3 heteroatoms. The first-order valence-electron chi connectivity index (χ1n) is 5.93. The van der Waals surface area contributed by atoms with E-state index >= 15 is 0 Å². The summed E-state index contributed by atoms with van der Waals surface area (Å²) in [7, 11) is 0. The van der Waals surface area contributed by atoms with E-state index in [1.54, 1.807) is 0 Å². The average molecular weight is 220 g/mol. The SMILES string of the molecule is CC(N)Cc1ccc(N2CCOCC2)cc1. The monoisotopic (exact) mass is 220 g/mol. The number of hydrogen-bond donors (Lipinski definition) is 1. The summed E-state index contributed by atoms with van der Waals surface area (Å²) >= 11 is 0. The molecule has 88 valence electrons. The van der Waals surface area contributed by atoms with Crippen LogP contribution in [0.5, 0.6) is 0 Å². The van der Waals surface area contributed by atoms with E-state index in [0.717, 1.165) is 32.7 Å². The zero-order valence-corrected chi connectivity index (χ0v) is 9.86. The average Bonchev–Trinajstić information content (AvgIpc) is 2.30. The van der Waals surface area contributed by atoms with E-state index in [-0.39, 0.29) is 6.04 Å². The van der Waals surface area contributed by atoms with Gasteiger partial charge in [0.1, 0.15) is 0 Å². The standard InChI is InChI=1S/C13H20N2O/c1-11(14)10-12-2-4-13(5-3-12)15-6-8-16-9-7-15/h2-5,11H,6-10,14H2,1H3. The number of ether oxygens (including phenoxy) is 1. The Kier molecular flexibility index (Phi) is 3.80. The molecule has 1 saturated heterocycles. The molecule has 16 heavy (non-hydrogen) atoms. The van der Waals surface area contributed by atoms with Gasteiger partial charge in [-0.2, -0.15) is 0 Å². The molecular formula is C13H20N2O. The van der Waals surface area contributed by atoms with Gasteiger partial charge in [0.25, 0.3) is 0 Å². The van der Waals surface area contributed by atoms with Crippen molar-refractivity contribution >= 4 is 5.69 Å². The third-order valence-corrected chi connectivity index (χ3v) is 2.87. The number of hydrogen-bond acceptors (Lipinski definition) is 3. The molecule has 1 heterocycles. The molecule has 2 N–H and O–H groups in total. The Morgan fingerprint density at radius 2 is 1.88 bits per heavy atom. The highest BCUT2D eigenvalue weighted by Crippen LogP contribution is 2.17. The van der Waals surface area contributed by atoms with E-state index < -0.39 is 0 Å². The van der Waals surface area contributed by atoms with Crippen LogP contribution in [0.25, 0.3) is 0 Å². The first-order valence-corrected chi connectivity index (χ1v) is 5.93. The number of nitrogens with two attached hydrogens (primary N) is 1. The van der Waals surface area contributed by atoms with E-state index in [4.69, 9.17) is 10.5 Å². The predicted octanol–water partition coefficient (Wildman–Crippen LogP) is 1.41. The highest BCUT2D eigenvalue weighted by atomic mass is 16.5. The summed E-state index contributed by atoms with van der Waals surface area (Å²) in [5.41, 5.74) is 8.38. The van der Waals surface area contributed by atoms with E-state index in [2.05, 4.69) is 29.2 Å². The predicted molar refractivity (Wildman–Crippen MR) is 66.8 cm³/mol. The summed E-state index contributed by atoms with van der Waals surface area (Å²) in [6, 6.07) is 8.95. The van der Waals surface area contributed by atoms with Gasteiger partial charge in [-0.3, -0.25) is 0 Å². The van der Waals surface area contributed by atoms with E-state index in [1.165, 1.54) is 11.3 Å². The maximum Gasteiger partial charge on any atom is 0.0642 e. The minimum absolute atomic E-state index is 0.231. The van der Waals surface area contributed by atoms with E-state index in [0.29, 0.717) is 0 Å². The van der Waals surface area contributed by atoms with Gasteiger partial charge in [-0.25, -0.2) is 0 Å². The fourth-order valence-corrected chi connectivity index (χ4v) is 2.04. The number of nitrogens with zero attached hydrogens (tertiary/aromatic N) is 1. The molecule has 1 aromatic rings. The van der Waals surface area contributed by atoms with Gasteiger partial charge in [0.15, 0.2) is 0 Å². The topological polar surface area (TPSA) is 38.5 Å². The van der Waals surface area contributed by atoms with Gasteiger partial charge in [0, 0.05) is 24.8 Å². The van der Waals surface area contributed by atoms with E-state index in [1.807, 2.05) is 6.92 Å². The van der Waals surface area contributed by atoms with Crippen LogP contribution in [0, 0.1) is 0 Å². The van der Waals surface area contributed by atoms with Crippen LogP contribution in [0.1, 0.15) is 12.5 Å². The summed E-state index contributed by atoms with van der Waals surface area (Å²) in [4.78, 5) is 2.36. The van der Waals surface area contributed by atoms with Gasteiger partial charge in [-0.05, 0) is 31.0 Å². The van der Waals surface area contributed by atoms with Crippen LogP contribution in [-0.4, -0.2) is 32.3 Å². The smallest absolute Gasteiger partial charge is 0.0642 e. The van der Waals surface area contributed by atoms with Crippen molar-refractivity contribution in [2.45, 2.75) is 19.4 Å². The quantitative estimate of drug-likeness (QED) is 0.837. The minimum Gasteiger partial charge on any atom is -0.378 e. The Bertz CT molecular complexity index is 315. The van der Waals surface area contributed by atoms with Gasteiger partial charge in [-0.1, -0.05) is 12.1 Å².